The number of amides is 3. The molecule has 1 aliphatic rings. The van der Waals surface area contributed by atoms with Gasteiger partial charge in [-0.05, 0) is 48.6 Å². The maximum absolute atomic E-state index is 12.1. The second kappa shape index (κ2) is 9.42. The average molecular weight is 386 g/mol. The summed E-state index contributed by atoms with van der Waals surface area (Å²) in [7, 11) is 0. The third-order valence-corrected chi connectivity index (χ3v) is 5.06. The van der Waals surface area contributed by atoms with E-state index in [1.165, 1.54) is 0 Å². The summed E-state index contributed by atoms with van der Waals surface area (Å²) in [6, 6.07) is 14.7. The minimum absolute atomic E-state index is 0.230. The maximum Gasteiger partial charge on any atom is 0.319 e. The number of anilines is 1. The van der Waals surface area contributed by atoms with Crippen LogP contribution in [0.25, 0.3) is 0 Å². The van der Waals surface area contributed by atoms with Gasteiger partial charge < -0.3 is 15.5 Å². The third kappa shape index (κ3) is 5.73. The quantitative estimate of drug-likeness (QED) is 0.782. The average Bonchev–Trinajstić information content (AvgIpc) is 3.21. The number of benzene rings is 2. The van der Waals surface area contributed by atoms with E-state index < -0.39 is 0 Å². The first kappa shape index (κ1) is 19.2. The molecular weight excluding hydrogens is 362 g/mol. The molecule has 1 heterocycles. The summed E-state index contributed by atoms with van der Waals surface area (Å²) in [6.45, 7) is 2.15. The summed E-state index contributed by atoms with van der Waals surface area (Å²) < 4.78 is 0. The van der Waals surface area contributed by atoms with Crippen LogP contribution < -0.4 is 10.6 Å². The molecule has 5 nitrogen and oxygen atoms in total. The van der Waals surface area contributed by atoms with Gasteiger partial charge in [0.1, 0.15) is 0 Å². The largest absolute Gasteiger partial charge is 0.343 e. The Hall–Kier alpha value is -2.53. The van der Waals surface area contributed by atoms with Gasteiger partial charge in [0.2, 0.25) is 5.91 Å². The SMILES string of the molecule is O=C(NCc1ccccc1Cl)Nc1ccc(CCC(=O)N2CCCC2)cc1. The van der Waals surface area contributed by atoms with Crippen LogP contribution in [0.1, 0.15) is 30.4 Å². The lowest BCUT2D eigenvalue weighted by molar-refractivity contribution is -0.130. The summed E-state index contributed by atoms with van der Waals surface area (Å²) in [4.78, 5) is 26.1. The van der Waals surface area contributed by atoms with E-state index in [-0.39, 0.29) is 11.9 Å². The highest BCUT2D eigenvalue weighted by Gasteiger charge is 2.17. The van der Waals surface area contributed by atoms with Crippen LogP contribution in [0.3, 0.4) is 0 Å². The summed E-state index contributed by atoms with van der Waals surface area (Å²) in [5, 5.41) is 6.22. The smallest absolute Gasteiger partial charge is 0.319 e. The van der Waals surface area contributed by atoms with Crippen LogP contribution in [-0.2, 0) is 17.8 Å². The van der Waals surface area contributed by atoms with Gasteiger partial charge in [-0.1, -0.05) is 41.9 Å². The van der Waals surface area contributed by atoms with E-state index in [0.29, 0.717) is 30.1 Å². The van der Waals surface area contributed by atoms with Crippen molar-refractivity contribution in [3.05, 3.63) is 64.7 Å². The van der Waals surface area contributed by atoms with Crippen LogP contribution in [0, 0.1) is 0 Å². The first-order valence-electron chi connectivity index (χ1n) is 9.27. The Labute approximate surface area is 164 Å². The topological polar surface area (TPSA) is 61.4 Å². The predicted molar refractivity (Wildman–Crippen MR) is 108 cm³/mol. The fourth-order valence-electron chi connectivity index (χ4n) is 3.12. The van der Waals surface area contributed by atoms with Crippen molar-refractivity contribution < 1.29 is 9.59 Å². The molecule has 2 N–H and O–H groups in total. The molecule has 3 rings (SSSR count). The van der Waals surface area contributed by atoms with E-state index in [4.69, 9.17) is 11.6 Å². The van der Waals surface area contributed by atoms with Crippen LogP contribution in [0.5, 0.6) is 0 Å². The highest BCUT2D eigenvalue weighted by Crippen LogP contribution is 2.15. The van der Waals surface area contributed by atoms with Crippen molar-refractivity contribution in [2.75, 3.05) is 18.4 Å². The van der Waals surface area contributed by atoms with Crippen LogP contribution in [-0.4, -0.2) is 29.9 Å². The van der Waals surface area contributed by atoms with Gasteiger partial charge in [-0.15, -0.1) is 0 Å². The summed E-state index contributed by atoms with van der Waals surface area (Å²) >= 11 is 6.08. The second-order valence-corrected chi connectivity index (χ2v) is 7.09. The molecule has 3 amide bonds. The number of likely N-dealkylation sites (tertiary alicyclic amines) is 1. The van der Waals surface area contributed by atoms with Crippen LogP contribution in [0.4, 0.5) is 10.5 Å². The van der Waals surface area contributed by atoms with E-state index in [1.807, 2.05) is 47.4 Å². The van der Waals surface area contributed by atoms with Crippen molar-refractivity contribution in [3.8, 4) is 0 Å². The Kier molecular flexibility index (Phi) is 6.71. The number of aryl methyl sites for hydroxylation is 1. The van der Waals surface area contributed by atoms with Gasteiger partial charge in [0.05, 0.1) is 0 Å². The summed E-state index contributed by atoms with van der Waals surface area (Å²) in [6.07, 6.45) is 3.48. The Bertz CT molecular complexity index is 786. The van der Waals surface area contributed by atoms with Crippen molar-refractivity contribution >= 4 is 29.2 Å². The molecule has 1 aliphatic heterocycles. The number of nitrogens with one attached hydrogen (secondary N) is 2. The first-order valence-corrected chi connectivity index (χ1v) is 9.64. The summed E-state index contributed by atoms with van der Waals surface area (Å²) in [5.41, 5.74) is 2.66. The molecule has 27 heavy (non-hydrogen) atoms. The second-order valence-electron chi connectivity index (χ2n) is 6.68. The standard InChI is InChI=1S/C21H24ClN3O2/c22-19-6-2-1-5-17(19)15-23-21(27)24-18-10-7-16(8-11-18)9-12-20(26)25-13-3-4-14-25/h1-2,5-8,10-11H,3-4,9,12-15H2,(H2,23,24,27). The van der Waals surface area contributed by atoms with Crippen molar-refractivity contribution in [1.29, 1.82) is 0 Å². The molecule has 1 fully saturated rings. The Morgan fingerprint density at radius 3 is 2.41 bits per heavy atom. The lowest BCUT2D eigenvalue weighted by atomic mass is 10.1. The molecule has 2 aromatic rings. The fourth-order valence-corrected chi connectivity index (χ4v) is 3.33. The summed E-state index contributed by atoms with van der Waals surface area (Å²) in [5.74, 6) is 0.230. The van der Waals surface area contributed by atoms with Gasteiger partial charge >= 0.3 is 6.03 Å². The molecule has 142 valence electrons. The van der Waals surface area contributed by atoms with Gasteiger partial charge in [-0.3, -0.25) is 4.79 Å². The van der Waals surface area contributed by atoms with Gasteiger partial charge in [0.15, 0.2) is 0 Å². The predicted octanol–water partition coefficient (Wildman–Crippen LogP) is 4.22. The zero-order valence-electron chi connectivity index (χ0n) is 15.2. The molecule has 0 unspecified atom stereocenters. The molecule has 0 saturated carbocycles. The molecule has 0 spiro atoms. The number of carbonyl (C=O) groups is 2. The molecule has 2 aromatic carbocycles. The lowest BCUT2D eigenvalue weighted by Crippen LogP contribution is -2.28. The molecule has 0 aromatic heterocycles. The van der Waals surface area contributed by atoms with E-state index in [9.17, 15) is 9.59 Å². The number of urea groups is 1. The van der Waals surface area contributed by atoms with Crippen molar-refractivity contribution in [3.63, 3.8) is 0 Å². The Balaban J connectivity index is 1.43. The molecule has 0 bridgehead atoms. The number of nitrogens with zero attached hydrogens (tertiary/aromatic N) is 1. The van der Waals surface area contributed by atoms with Gasteiger partial charge in [-0.2, -0.15) is 0 Å². The van der Waals surface area contributed by atoms with E-state index in [0.717, 1.165) is 37.1 Å². The maximum atomic E-state index is 12.1. The Morgan fingerprint density at radius 1 is 1.00 bits per heavy atom. The van der Waals surface area contributed by atoms with Crippen molar-refractivity contribution in [2.45, 2.75) is 32.2 Å². The highest BCUT2D eigenvalue weighted by atomic mass is 35.5. The van der Waals surface area contributed by atoms with Gasteiger partial charge in [0, 0.05) is 36.8 Å². The van der Waals surface area contributed by atoms with Crippen LogP contribution >= 0.6 is 11.6 Å². The molecule has 1 saturated heterocycles. The van der Waals surface area contributed by atoms with Crippen LogP contribution in [0.15, 0.2) is 48.5 Å². The minimum atomic E-state index is -0.285. The number of hydrogen-bond donors (Lipinski definition) is 2. The molecule has 0 radical (unpaired) electrons. The number of hydrogen-bond acceptors (Lipinski definition) is 2. The van der Waals surface area contributed by atoms with E-state index >= 15 is 0 Å². The highest BCUT2D eigenvalue weighted by molar-refractivity contribution is 6.31. The van der Waals surface area contributed by atoms with Crippen molar-refractivity contribution in [1.82, 2.24) is 10.2 Å². The van der Waals surface area contributed by atoms with Gasteiger partial charge in [-0.25, -0.2) is 4.79 Å². The van der Waals surface area contributed by atoms with E-state index in [1.54, 1.807) is 6.07 Å². The van der Waals surface area contributed by atoms with Gasteiger partial charge in [0.25, 0.3) is 0 Å². The molecule has 6 heteroatoms. The van der Waals surface area contributed by atoms with E-state index in [2.05, 4.69) is 10.6 Å². The zero-order valence-corrected chi connectivity index (χ0v) is 16.0. The van der Waals surface area contributed by atoms with Crippen LogP contribution in [0.2, 0.25) is 5.02 Å². The lowest BCUT2D eigenvalue weighted by Gasteiger charge is -2.15. The molecular formula is C21H24ClN3O2. The van der Waals surface area contributed by atoms with Crippen molar-refractivity contribution in [2.24, 2.45) is 0 Å². The molecule has 0 atom stereocenters. The first-order chi connectivity index (χ1) is 13.1. The Morgan fingerprint density at radius 2 is 1.70 bits per heavy atom. The monoisotopic (exact) mass is 385 g/mol. The third-order valence-electron chi connectivity index (χ3n) is 4.70. The molecule has 0 aliphatic carbocycles. The fraction of sp³-hybridized carbons (Fsp3) is 0.333. The number of halogens is 1. The number of rotatable bonds is 6. The zero-order chi connectivity index (χ0) is 19.1. The number of carbonyl (C=O) groups excluding carboxylic acids is 2. The normalized spacial score (nSPS) is 13.4. The minimum Gasteiger partial charge on any atom is -0.343 e.